The Morgan fingerprint density at radius 3 is 2.77 bits per heavy atom. The molecular weight excluding hydrogens is 537 g/mol. The third-order valence-electron chi connectivity index (χ3n) is 6.43. The maximum atomic E-state index is 13.8. The lowest BCUT2D eigenvalue weighted by Crippen LogP contribution is -2.47. The molecule has 0 spiro atoms. The van der Waals surface area contributed by atoms with Crippen LogP contribution in [-0.4, -0.2) is 56.1 Å². The van der Waals surface area contributed by atoms with E-state index < -0.39 is 24.0 Å². The molecule has 2 aromatic carbocycles. The SMILES string of the molecule is CN(C(=O)NCc1cccc(F)c1Cl)C(COC(=O)Nc1cc2ccccc2cn1)Cc1ncc2cnccn12. The van der Waals surface area contributed by atoms with E-state index in [1.807, 2.05) is 28.7 Å². The van der Waals surface area contributed by atoms with E-state index in [2.05, 4.69) is 25.6 Å². The van der Waals surface area contributed by atoms with E-state index in [0.29, 0.717) is 17.2 Å². The first kappa shape index (κ1) is 26.8. The topological polar surface area (TPSA) is 114 Å². The fourth-order valence-electron chi connectivity index (χ4n) is 4.19. The van der Waals surface area contributed by atoms with Gasteiger partial charge in [0.2, 0.25) is 0 Å². The van der Waals surface area contributed by atoms with Crippen LogP contribution < -0.4 is 10.6 Å². The second-order valence-corrected chi connectivity index (χ2v) is 9.40. The molecule has 204 valence electrons. The Labute approximate surface area is 233 Å². The molecule has 3 aromatic heterocycles. The van der Waals surface area contributed by atoms with E-state index in [4.69, 9.17) is 16.3 Å². The third kappa shape index (κ3) is 6.10. The second kappa shape index (κ2) is 12.0. The van der Waals surface area contributed by atoms with Gasteiger partial charge in [0.1, 0.15) is 24.1 Å². The molecule has 10 nitrogen and oxygen atoms in total. The molecule has 0 aliphatic rings. The number of pyridine rings is 1. The lowest BCUT2D eigenvalue weighted by molar-refractivity contribution is 0.116. The summed E-state index contributed by atoms with van der Waals surface area (Å²) >= 11 is 6.03. The third-order valence-corrected chi connectivity index (χ3v) is 6.85. The zero-order valence-electron chi connectivity index (χ0n) is 21.4. The summed E-state index contributed by atoms with van der Waals surface area (Å²) in [6.45, 7) is -0.122. The van der Waals surface area contributed by atoms with Crippen LogP contribution in [0.4, 0.5) is 19.8 Å². The van der Waals surface area contributed by atoms with Crippen LogP contribution in [0.5, 0.6) is 0 Å². The summed E-state index contributed by atoms with van der Waals surface area (Å²) in [4.78, 5) is 40.0. The molecule has 3 heterocycles. The molecule has 12 heteroatoms. The zero-order valence-corrected chi connectivity index (χ0v) is 22.2. The Bertz CT molecular complexity index is 1680. The van der Waals surface area contributed by atoms with Crippen molar-refractivity contribution in [2.75, 3.05) is 19.0 Å². The zero-order chi connectivity index (χ0) is 28.1. The number of likely N-dealkylation sites (N-methyl/N-ethyl adjacent to an activating group) is 1. The lowest BCUT2D eigenvalue weighted by atomic mass is 10.2. The highest BCUT2D eigenvalue weighted by atomic mass is 35.5. The fraction of sp³-hybridized carbons (Fsp3) is 0.179. The number of nitrogens with zero attached hydrogens (tertiary/aromatic N) is 5. The lowest BCUT2D eigenvalue weighted by Gasteiger charge is -2.28. The van der Waals surface area contributed by atoms with Crippen LogP contribution in [0, 0.1) is 5.82 Å². The Morgan fingerprint density at radius 1 is 1.10 bits per heavy atom. The number of anilines is 1. The van der Waals surface area contributed by atoms with Gasteiger partial charge in [0.15, 0.2) is 0 Å². The average molecular weight is 562 g/mol. The molecule has 0 bridgehead atoms. The van der Waals surface area contributed by atoms with Crippen molar-refractivity contribution in [3.63, 3.8) is 0 Å². The van der Waals surface area contributed by atoms with Crippen molar-refractivity contribution in [1.82, 2.24) is 29.6 Å². The smallest absolute Gasteiger partial charge is 0.412 e. The molecule has 0 saturated heterocycles. The number of hydrogen-bond donors (Lipinski definition) is 2. The fourth-order valence-corrected chi connectivity index (χ4v) is 4.38. The van der Waals surface area contributed by atoms with Crippen LogP contribution in [0.2, 0.25) is 5.02 Å². The molecule has 40 heavy (non-hydrogen) atoms. The first-order valence-corrected chi connectivity index (χ1v) is 12.7. The summed E-state index contributed by atoms with van der Waals surface area (Å²) < 4.78 is 21.2. The van der Waals surface area contributed by atoms with Crippen molar-refractivity contribution >= 4 is 45.8 Å². The maximum Gasteiger partial charge on any atom is 0.412 e. The molecule has 1 atom stereocenters. The molecule has 0 aliphatic carbocycles. The summed E-state index contributed by atoms with van der Waals surface area (Å²) in [7, 11) is 1.58. The van der Waals surface area contributed by atoms with E-state index >= 15 is 0 Å². The highest BCUT2D eigenvalue weighted by Gasteiger charge is 2.24. The van der Waals surface area contributed by atoms with E-state index in [0.717, 1.165) is 16.3 Å². The van der Waals surface area contributed by atoms with Crippen LogP contribution in [0.1, 0.15) is 11.4 Å². The van der Waals surface area contributed by atoms with Gasteiger partial charge >= 0.3 is 12.1 Å². The van der Waals surface area contributed by atoms with Crippen LogP contribution in [0.3, 0.4) is 0 Å². The van der Waals surface area contributed by atoms with Crippen LogP contribution in [0.25, 0.3) is 16.3 Å². The van der Waals surface area contributed by atoms with Gasteiger partial charge in [0.25, 0.3) is 0 Å². The number of halogens is 2. The van der Waals surface area contributed by atoms with Gasteiger partial charge < -0.3 is 19.4 Å². The first-order valence-electron chi connectivity index (χ1n) is 12.4. The molecular formula is C28H25ClFN7O3. The second-order valence-electron chi connectivity index (χ2n) is 9.03. The molecule has 0 saturated carbocycles. The van der Waals surface area contributed by atoms with Gasteiger partial charge in [0.05, 0.1) is 29.0 Å². The van der Waals surface area contributed by atoms with Crippen molar-refractivity contribution in [2.45, 2.75) is 19.0 Å². The van der Waals surface area contributed by atoms with E-state index in [9.17, 15) is 14.0 Å². The van der Waals surface area contributed by atoms with Crippen LogP contribution in [-0.2, 0) is 17.7 Å². The summed E-state index contributed by atoms with van der Waals surface area (Å²) in [5.74, 6) is 0.418. The van der Waals surface area contributed by atoms with Crippen LogP contribution in [0.15, 0.2) is 79.5 Å². The molecule has 0 aliphatic heterocycles. The summed E-state index contributed by atoms with van der Waals surface area (Å²) in [5.41, 5.74) is 1.22. The molecule has 0 fully saturated rings. The quantitative estimate of drug-likeness (QED) is 0.273. The molecule has 5 aromatic rings. The van der Waals surface area contributed by atoms with E-state index in [1.165, 1.54) is 17.0 Å². The number of aromatic nitrogens is 4. The minimum Gasteiger partial charge on any atom is -0.447 e. The Hall–Kier alpha value is -4.77. The summed E-state index contributed by atoms with van der Waals surface area (Å²) in [6.07, 6.45) is 7.95. The van der Waals surface area contributed by atoms with Gasteiger partial charge in [-0.15, -0.1) is 0 Å². The van der Waals surface area contributed by atoms with Gasteiger partial charge in [-0.1, -0.05) is 48.0 Å². The Morgan fingerprint density at radius 2 is 1.93 bits per heavy atom. The predicted molar refractivity (Wildman–Crippen MR) is 149 cm³/mol. The van der Waals surface area contributed by atoms with Crippen molar-refractivity contribution in [2.24, 2.45) is 0 Å². The Balaban J connectivity index is 1.28. The number of hydrogen-bond acceptors (Lipinski definition) is 6. The summed E-state index contributed by atoms with van der Waals surface area (Å²) in [6, 6.07) is 12.7. The van der Waals surface area contributed by atoms with Gasteiger partial charge in [-0.25, -0.2) is 23.9 Å². The molecule has 2 N–H and O–H groups in total. The molecule has 3 amide bonds. The van der Waals surface area contributed by atoms with Gasteiger partial charge in [0, 0.05) is 44.0 Å². The van der Waals surface area contributed by atoms with Crippen molar-refractivity contribution in [3.8, 4) is 0 Å². The van der Waals surface area contributed by atoms with E-state index in [-0.39, 0.29) is 24.6 Å². The van der Waals surface area contributed by atoms with Gasteiger partial charge in [-0.2, -0.15) is 0 Å². The van der Waals surface area contributed by atoms with Crippen molar-refractivity contribution in [1.29, 1.82) is 0 Å². The minimum atomic E-state index is -0.717. The molecule has 1 unspecified atom stereocenters. The Kier molecular flexibility index (Phi) is 8.02. The number of carbonyl (C=O) groups is 2. The number of nitrogens with one attached hydrogen (secondary N) is 2. The number of carbonyl (C=O) groups excluding carboxylic acids is 2. The van der Waals surface area contributed by atoms with Crippen molar-refractivity contribution < 1.29 is 18.7 Å². The number of urea groups is 1. The highest BCUT2D eigenvalue weighted by Crippen LogP contribution is 2.20. The first-order chi connectivity index (χ1) is 19.4. The van der Waals surface area contributed by atoms with Gasteiger partial charge in [-0.3, -0.25) is 10.3 Å². The number of rotatable bonds is 8. The monoisotopic (exact) mass is 561 g/mol. The molecule has 0 radical (unpaired) electrons. The normalized spacial score (nSPS) is 11.8. The highest BCUT2D eigenvalue weighted by molar-refractivity contribution is 6.31. The number of imidazole rings is 1. The standard InChI is InChI=1S/C28H25ClFN7O3/c1-36(27(38)34-14-20-7-4-8-23(30)26(20)29)21(12-25-33-16-22-15-31-9-10-37(22)25)17-40-28(39)35-24-11-18-5-2-3-6-19(18)13-32-24/h2-11,13,15-16,21H,12,14,17H2,1H3,(H,34,38)(H,32,35,39). The minimum absolute atomic E-state index is 0.0133. The maximum absolute atomic E-state index is 13.8. The largest absolute Gasteiger partial charge is 0.447 e. The predicted octanol–water partition coefficient (Wildman–Crippen LogP) is 5.07. The molecule has 5 rings (SSSR count). The number of amides is 3. The average Bonchev–Trinajstić information content (AvgIpc) is 3.38. The van der Waals surface area contributed by atoms with Crippen LogP contribution >= 0.6 is 11.6 Å². The van der Waals surface area contributed by atoms with Gasteiger partial charge in [-0.05, 0) is 23.1 Å². The summed E-state index contributed by atoms with van der Waals surface area (Å²) in [5, 5.41) is 7.18. The number of ether oxygens (including phenoxy) is 1. The number of benzene rings is 2. The number of fused-ring (bicyclic) bond motifs is 2. The van der Waals surface area contributed by atoms with Crippen molar-refractivity contribution in [3.05, 3.63) is 102 Å². The van der Waals surface area contributed by atoms with E-state index in [1.54, 1.807) is 50.2 Å².